The Morgan fingerprint density at radius 1 is 1.62 bits per heavy atom. The van der Waals surface area contributed by atoms with E-state index in [0.717, 1.165) is 17.4 Å². The van der Waals surface area contributed by atoms with Crippen molar-refractivity contribution in [1.82, 2.24) is 4.31 Å². The van der Waals surface area contributed by atoms with E-state index >= 15 is 0 Å². The van der Waals surface area contributed by atoms with E-state index in [1.165, 1.54) is 4.31 Å². The van der Waals surface area contributed by atoms with Gasteiger partial charge in [0.2, 0.25) is 0 Å². The van der Waals surface area contributed by atoms with Gasteiger partial charge in [0.1, 0.15) is 4.21 Å². The smallest absolute Gasteiger partial charge is 0.304 e. The summed E-state index contributed by atoms with van der Waals surface area (Å²) in [5.41, 5.74) is -0.224. The largest absolute Gasteiger partial charge is 0.396 e. The van der Waals surface area contributed by atoms with Crippen LogP contribution in [0.25, 0.3) is 0 Å². The molecule has 2 rings (SSSR count). The van der Waals surface area contributed by atoms with Crippen LogP contribution < -0.4 is 5.32 Å². The Hall–Kier alpha value is -1.23. The summed E-state index contributed by atoms with van der Waals surface area (Å²) < 4.78 is 26.2. The highest BCUT2D eigenvalue weighted by molar-refractivity contribution is 7.91. The van der Waals surface area contributed by atoms with Gasteiger partial charge in [0, 0.05) is 32.3 Å². The minimum atomic E-state index is -3.74. The fourth-order valence-corrected chi connectivity index (χ4v) is 5.28. The maximum absolute atomic E-state index is 12.5. The molecular formula is C11H17N3O5S2. The summed E-state index contributed by atoms with van der Waals surface area (Å²) in [5.74, 6) is -0.0667. The Labute approximate surface area is 126 Å². The molecule has 1 aromatic heterocycles. The molecule has 118 valence electrons. The molecule has 0 spiro atoms. The normalized spacial score (nSPS) is 19.8. The lowest BCUT2D eigenvalue weighted by Crippen LogP contribution is -2.28. The number of nitro groups is 1. The van der Waals surface area contributed by atoms with Crippen LogP contribution in [-0.4, -0.2) is 49.0 Å². The molecular weight excluding hydrogens is 318 g/mol. The first-order valence-electron chi connectivity index (χ1n) is 6.53. The highest BCUT2D eigenvalue weighted by Crippen LogP contribution is 2.39. The molecule has 0 amide bonds. The van der Waals surface area contributed by atoms with Crippen LogP contribution in [0.1, 0.15) is 13.3 Å². The quantitative estimate of drug-likeness (QED) is 0.594. The maximum atomic E-state index is 12.5. The first-order chi connectivity index (χ1) is 9.90. The number of nitrogens with one attached hydrogen (secondary N) is 1. The van der Waals surface area contributed by atoms with Crippen LogP contribution >= 0.6 is 11.3 Å². The number of hydrogen-bond acceptors (Lipinski definition) is 7. The molecule has 1 aliphatic rings. The highest BCUT2D eigenvalue weighted by atomic mass is 32.2. The van der Waals surface area contributed by atoms with Gasteiger partial charge in [-0.05, 0) is 19.3 Å². The first kappa shape index (κ1) is 16.1. The third kappa shape index (κ3) is 3.18. The molecule has 0 bridgehead atoms. The molecule has 0 saturated carbocycles. The number of aliphatic hydroxyl groups is 1. The summed E-state index contributed by atoms with van der Waals surface area (Å²) >= 11 is 0.870. The van der Waals surface area contributed by atoms with E-state index < -0.39 is 14.9 Å². The van der Waals surface area contributed by atoms with Crippen LogP contribution in [-0.2, 0) is 10.0 Å². The van der Waals surface area contributed by atoms with E-state index in [4.69, 9.17) is 5.11 Å². The minimum absolute atomic E-state index is 0.0382. The van der Waals surface area contributed by atoms with E-state index in [1.54, 1.807) is 6.92 Å². The van der Waals surface area contributed by atoms with E-state index in [2.05, 4.69) is 5.32 Å². The van der Waals surface area contributed by atoms with Crippen molar-refractivity contribution in [2.24, 2.45) is 5.92 Å². The summed E-state index contributed by atoms with van der Waals surface area (Å²) in [5, 5.41) is 23.1. The molecule has 0 aliphatic carbocycles. The summed E-state index contributed by atoms with van der Waals surface area (Å²) in [6, 6.07) is 1.10. The third-order valence-electron chi connectivity index (χ3n) is 3.32. The van der Waals surface area contributed by atoms with E-state index in [-0.39, 0.29) is 34.0 Å². The fraction of sp³-hybridized carbons (Fsp3) is 0.636. The second kappa shape index (κ2) is 6.26. The van der Waals surface area contributed by atoms with Gasteiger partial charge in [-0.15, -0.1) is 0 Å². The van der Waals surface area contributed by atoms with Gasteiger partial charge >= 0.3 is 5.69 Å². The molecule has 0 radical (unpaired) electrons. The Morgan fingerprint density at radius 2 is 2.33 bits per heavy atom. The Kier molecular flexibility index (Phi) is 4.81. The van der Waals surface area contributed by atoms with Crippen molar-refractivity contribution in [2.45, 2.75) is 17.6 Å². The molecule has 1 atom stereocenters. The molecule has 10 heteroatoms. The Morgan fingerprint density at radius 3 is 2.86 bits per heavy atom. The van der Waals surface area contributed by atoms with Crippen molar-refractivity contribution >= 4 is 32.0 Å². The van der Waals surface area contributed by atoms with Crippen molar-refractivity contribution in [1.29, 1.82) is 0 Å². The highest BCUT2D eigenvalue weighted by Gasteiger charge is 2.35. The van der Waals surface area contributed by atoms with E-state index in [0.29, 0.717) is 19.5 Å². The number of rotatable bonds is 6. The van der Waals surface area contributed by atoms with Gasteiger partial charge in [-0.25, -0.2) is 8.42 Å². The van der Waals surface area contributed by atoms with Crippen LogP contribution in [0.4, 0.5) is 10.7 Å². The summed E-state index contributed by atoms with van der Waals surface area (Å²) in [7, 11) is -3.74. The summed E-state index contributed by atoms with van der Waals surface area (Å²) in [6.07, 6.45) is 0.600. The second-order valence-corrected chi connectivity index (χ2v) is 7.98. The fourth-order valence-electron chi connectivity index (χ4n) is 2.20. The predicted octanol–water partition coefficient (Wildman–Crippen LogP) is 1.09. The lowest BCUT2D eigenvalue weighted by Gasteiger charge is -2.14. The molecule has 1 fully saturated rings. The predicted molar refractivity (Wildman–Crippen MR) is 79.1 cm³/mol. The van der Waals surface area contributed by atoms with Crippen LogP contribution in [0.5, 0.6) is 0 Å². The van der Waals surface area contributed by atoms with Crippen LogP contribution in [0.2, 0.25) is 0 Å². The van der Waals surface area contributed by atoms with Crippen LogP contribution in [0.15, 0.2) is 10.3 Å². The molecule has 21 heavy (non-hydrogen) atoms. The average Bonchev–Trinajstić information content (AvgIpc) is 3.05. The van der Waals surface area contributed by atoms with Crippen LogP contribution in [0.3, 0.4) is 0 Å². The zero-order valence-corrected chi connectivity index (χ0v) is 13.1. The molecule has 1 aliphatic heterocycles. The van der Waals surface area contributed by atoms with Gasteiger partial charge in [-0.2, -0.15) is 4.31 Å². The summed E-state index contributed by atoms with van der Waals surface area (Å²) in [4.78, 5) is 10.4. The van der Waals surface area contributed by atoms with Gasteiger partial charge in [0.15, 0.2) is 5.00 Å². The molecule has 1 saturated heterocycles. The maximum Gasteiger partial charge on any atom is 0.304 e. The summed E-state index contributed by atoms with van der Waals surface area (Å²) in [6.45, 7) is 2.77. The second-order valence-electron chi connectivity index (χ2n) is 4.77. The van der Waals surface area contributed by atoms with Gasteiger partial charge in [0.25, 0.3) is 10.0 Å². The number of sulfonamides is 1. The lowest BCUT2D eigenvalue weighted by atomic mass is 10.1. The van der Waals surface area contributed by atoms with Crippen molar-refractivity contribution in [3.05, 3.63) is 16.2 Å². The standard InChI is InChI=1S/C11H17N3O5S2/c1-2-12-11-9(14(16)17)5-10(20-11)21(18,19)13-4-3-8(6-13)7-15/h5,8,12,15H,2-4,6-7H2,1H3. The van der Waals surface area contributed by atoms with Gasteiger partial charge in [-0.3, -0.25) is 10.1 Å². The SMILES string of the molecule is CCNc1sc(S(=O)(=O)N2CCC(CO)C2)cc1[N+](=O)[O-]. The molecule has 1 unspecified atom stereocenters. The third-order valence-corrected chi connectivity index (χ3v) is 6.72. The first-order valence-corrected chi connectivity index (χ1v) is 8.79. The molecule has 8 nitrogen and oxygen atoms in total. The molecule has 2 heterocycles. The van der Waals surface area contributed by atoms with Crippen molar-refractivity contribution in [2.75, 3.05) is 31.6 Å². The monoisotopic (exact) mass is 335 g/mol. The number of nitrogens with zero attached hydrogens (tertiary/aromatic N) is 2. The number of thiophene rings is 1. The molecule has 1 aromatic rings. The zero-order valence-electron chi connectivity index (χ0n) is 11.5. The molecule has 2 N–H and O–H groups in total. The Balaban J connectivity index is 2.32. The molecule has 0 aromatic carbocycles. The van der Waals surface area contributed by atoms with Crippen molar-refractivity contribution < 1.29 is 18.4 Å². The average molecular weight is 335 g/mol. The zero-order chi connectivity index (χ0) is 15.6. The topological polar surface area (TPSA) is 113 Å². The van der Waals surface area contributed by atoms with Crippen molar-refractivity contribution in [3.8, 4) is 0 Å². The number of hydrogen-bond donors (Lipinski definition) is 2. The van der Waals surface area contributed by atoms with Crippen LogP contribution in [0, 0.1) is 16.0 Å². The Bertz CT molecular complexity index is 628. The van der Waals surface area contributed by atoms with Gasteiger partial charge in [-0.1, -0.05) is 11.3 Å². The van der Waals surface area contributed by atoms with E-state index in [1.807, 2.05) is 0 Å². The number of anilines is 1. The number of aliphatic hydroxyl groups excluding tert-OH is 1. The van der Waals surface area contributed by atoms with Gasteiger partial charge < -0.3 is 10.4 Å². The van der Waals surface area contributed by atoms with Crippen molar-refractivity contribution in [3.63, 3.8) is 0 Å². The van der Waals surface area contributed by atoms with Gasteiger partial charge in [0.05, 0.1) is 4.92 Å². The lowest BCUT2D eigenvalue weighted by molar-refractivity contribution is -0.383. The minimum Gasteiger partial charge on any atom is -0.396 e. The van der Waals surface area contributed by atoms with E-state index in [9.17, 15) is 18.5 Å².